The van der Waals surface area contributed by atoms with Crippen LogP contribution in [0, 0.1) is 23.2 Å². The first-order valence-electron chi connectivity index (χ1n) is 17.2. The predicted molar refractivity (Wildman–Crippen MR) is 175 cm³/mol. The standard InChI is InChI=1S/C35H55N5O6/c1-21(2)24-19-26(31(44)37-25(18-22-14-15-22)27(41)30(36)43)40(20-24)32(45)28(34(3,4)5)38-33(46)39-35(16-10-7-11-17-35)29(42)23-12-8-6-9-13-23/h6,8,12,21-22,24-26,28-29,42H,7,9-11,13-20H2,1-5H3,(H2,36,43)(H,37,44)(H2,38,39,46)/t24-,25?,26?,28?,29?/m1/s1. The zero-order valence-corrected chi connectivity index (χ0v) is 28.3. The molecular formula is C35H55N5O6. The molecular weight excluding hydrogens is 586 g/mol. The summed E-state index contributed by atoms with van der Waals surface area (Å²) in [4.78, 5) is 67.8. The first-order chi connectivity index (χ1) is 21.6. The highest BCUT2D eigenvalue weighted by Gasteiger charge is 2.48. The molecule has 0 aromatic heterocycles. The third kappa shape index (κ3) is 8.57. The van der Waals surface area contributed by atoms with Crippen molar-refractivity contribution in [2.75, 3.05) is 6.54 Å². The largest absolute Gasteiger partial charge is 0.386 e. The van der Waals surface area contributed by atoms with Crippen molar-refractivity contribution in [2.24, 2.45) is 28.9 Å². The Labute approximate surface area is 273 Å². The highest BCUT2D eigenvalue weighted by atomic mass is 16.3. The third-order valence-electron chi connectivity index (χ3n) is 10.4. The van der Waals surface area contributed by atoms with Crippen molar-refractivity contribution in [3.05, 3.63) is 23.8 Å². The van der Waals surface area contributed by atoms with Crippen LogP contribution in [0.5, 0.6) is 0 Å². The summed E-state index contributed by atoms with van der Waals surface area (Å²) in [5, 5.41) is 20.4. The quantitative estimate of drug-likeness (QED) is 0.205. The van der Waals surface area contributed by atoms with Gasteiger partial charge < -0.3 is 31.7 Å². The summed E-state index contributed by atoms with van der Waals surface area (Å²) in [6.07, 6.45) is 13.3. The number of allylic oxidation sites excluding steroid dienone is 3. The Bertz CT molecular complexity index is 1230. The fourth-order valence-electron chi connectivity index (χ4n) is 7.26. The van der Waals surface area contributed by atoms with E-state index in [1.54, 1.807) is 0 Å². The number of primary amides is 1. The second kappa shape index (κ2) is 14.7. The number of hydrogen-bond acceptors (Lipinski definition) is 6. The summed E-state index contributed by atoms with van der Waals surface area (Å²) in [7, 11) is 0. The summed E-state index contributed by atoms with van der Waals surface area (Å²) in [6, 6.07) is -3.39. The SMILES string of the molecule is CC(C)[C@@H]1CC(C(=O)NC(CC2CC2)C(=O)C(N)=O)N(C(=O)C(NC(=O)NC2(C(O)C3=CC=CCC3)CCCCC2)C(C)(C)C)C1. The average Bonchev–Trinajstić information content (AvgIpc) is 3.71. The van der Waals surface area contributed by atoms with Crippen molar-refractivity contribution in [3.63, 3.8) is 0 Å². The van der Waals surface area contributed by atoms with Gasteiger partial charge in [-0.3, -0.25) is 19.2 Å². The van der Waals surface area contributed by atoms with Gasteiger partial charge in [-0.05, 0) is 67.3 Å². The fourth-order valence-corrected chi connectivity index (χ4v) is 7.26. The molecule has 4 rings (SSSR count). The normalized spacial score (nSPS) is 24.8. The van der Waals surface area contributed by atoms with Crippen LogP contribution in [-0.4, -0.2) is 75.9 Å². The van der Waals surface area contributed by atoms with E-state index in [1.165, 1.54) is 4.90 Å². The number of nitrogens with zero attached hydrogens (tertiary/aromatic N) is 1. The van der Waals surface area contributed by atoms with Crippen LogP contribution in [0.2, 0.25) is 0 Å². The lowest BCUT2D eigenvalue weighted by Gasteiger charge is -2.44. The van der Waals surface area contributed by atoms with Gasteiger partial charge in [-0.2, -0.15) is 0 Å². The summed E-state index contributed by atoms with van der Waals surface area (Å²) >= 11 is 0. The molecule has 3 aliphatic carbocycles. The molecule has 1 saturated heterocycles. The lowest BCUT2D eigenvalue weighted by atomic mass is 9.74. The molecule has 0 bridgehead atoms. The number of carbonyl (C=O) groups excluding carboxylic acids is 5. The molecule has 11 heteroatoms. The number of aliphatic hydroxyl groups excluding tert-OH is 1. The van der Waals surface area contributed by atoms with Gasteiger partial charge in [-0.25, -0.2) is 4.79 Å². The Morgan fingerprint density at radius 1 is 1.07 bits per heavy atom. The number of aliphatic hydroxyl groups is 1. The molecule has 6 N–H and O–H groups in total. The van der Waals surface area contributed by atoms with Gasteiger partial charge in [0.25, 0.3) is 5.91 Å². The Kier molecular flexibility index (Phi) is 11.4. The molecule has 46 heavy (non-hydrogen) atoms. The number of likely N-dealkylation sites (tertiary alicyclic amines) is 1. The summed E-state index contributed by atoms with van der Waals surface area (Å²) in [5.74, 6) is -2.34. The molecule has 5 atom stereocenters. The Hall–Kier alpha value is -3.21. The zero-order chi connectivity index (χ0) is 33.8. The van der Waals surface area contributed by atoms with E-state index < -0.39 is 58.8 Å². The monoisotopic (exact) mass is 641 g/mol. The number of ketones is 1. The maximum absolute atomic E-state index is 14.4. The Morgan fingerprint density at radius 2 is 1.74 bits per heavy atom. The number of urea groups is 1. The molecule has 11 nitrogen and oxygen atoms in total. The van der Waals surface area contributed by atoms with E-state index in [4.69, 9.17) is 5.73 Å². The third-order valence-corrected chi connectivity index (χ3v) is 10.4. The van der Waals surface area contributed by atoms with E-state index in [-0.39, 0.29) is 23.7 Å². The molecule has 1 aliphatic heterocycles. The van der Waals surface area contributed by atoms with Gasteiger partial charge in [-0.1, -0.05) is 85.0 Å². The first kappa shape index (κ1) is 35.6. The van der Waals surface area contributed by atoms with Crippen LogP contribution in [0.25, 0.3) is 0 Å². The van der Waals surface area contributed by atoms with Crippen LogP contribution < -0.4 is 21.7 Å². The number of rotatable bonds is 12. The minimum absolute atomic E-state index is 0.0290. The van der Waals surface area contributed by atoms with Crippen molar-refractivity contribution in [1.82, 2.24) is 20.9 Å². The molecule has 1 heterocycles. The lowest BCUT2D eigenvalue weighted by molar-refractivity contribution is -0.143. The predicted octanol–water partition coefficient (Wildman–Crippen LogP) is 3.25. The number of hydrogen-bond donors (Lipinski definition) is 5. The molecule has 0 spiro atoms. The van der Waals surface area contributed by atoms with Gasteiger partial charge >= 0.3 is 6.03 Å². The van der Waals surface area contributed by atoms with E-state index in [1.807, 2.05) is 46.8 Å². The lowest BCUT2D eigenvalue weighted by Crippen LogP contribution is -2.64. The number of carbonyl (C=O) groups is 5. The highest BCUT2D eigenvalue weighted by Crippen LogP contribution is 2.37. The van der Waals surface area contributed by atoms with E-state index in [2.05, 4.69) is 22.0 Å². The molecule has 256 valence electrons. The first-order valence-corrected chi connectivity index (χ1v) is 17.2. The van der Waals surface area contributed by atoms with Crippen LogP contribution >= 0.6 is 0 Å². The number of nitrogens with two attached hydrogens (primary N) is 1. The minimum Gasteiger partial charge on any atom is -0.386 e. The minimum atomic E-state index is -1.09. The molecule has 4 unspecified atom stereocenters. The van der Waals surface area contributed by atoms with Gasteiger partial charge in [0.15, 0.2) is 0 Å². The van der Waals surface area contributed by atoms with Crippen LogP contribution in [0.1, 0.15) is 105 Å². The molecule has 3 fully saturated rings. The van der Waals surface area contributed by atoms with Gasteiger partial charge in [0.2, 0.25) is 17.6 Å². The van der Waals surface area contributed by atoms with E-state index in [9.17, 15) is 29.1 Å². The maximum atomic E-state index is 14.4. The zero-order valence-electron chi connectivity index (χ0n) is 28.3. The van der Waals surface area contributed by atoms with Crippen molar-refractivity contribution < 1.29 is 29.1 Å². The Balaban J connectivity index is 1.54. The van der Waals surface area contributed by atoms with E-state index in [0.29, 0.717) is 32.2 Å². The summed E-state index contributed by atoms with van der Waals surface area (Å²) in [6.45, 7) is 10.00. The molecule has 0 aromatic carbocycles. The fraction of sp³-hybridized carbons (Fsp3) is 0.743. The second-order valence-corrected chi connectivity index (χ2v) is 15.4. The van der Waals surface area contributed by atoms with Crippen molar-refractivity contribution in [3.8, 4) is 0 Å². The smallest absolute Gasteiger partial charge is 0.315 e. The topological polar surface area (TPSA) is 171 Å². The number of nitrogens with one attached hydrogen (secondary N) is 3. The van der Waals surface area contributed by atoms with Gasteiger partial charge in [0.1, 0.15) is 12.1 Å². The van der Waals surface area contributed by atoms with Crippen LogP contribution in [0.4, 0.5) is 4.79 Å². The van der Waals surface area contributed by atoms with E-state index in [0.717, 1.165) is 50.5 Å². The van der Waals surface area contributed by atoms with Crippen LogP contribution in [-0.2, 0) is 19.2 Å². The van der Waals surface area contributed by atoms with Crippen molar-refractivity contribution >= 4 is 29.5 Å². The molecule has 0 radical (unpaired) electrons. The highest BCUT2D eigenvalue weighted by molar-refractivity contribution is 6.37. The van der Waals surface area contributed by atoms with Crippen LogP contribution in [0.15, 0.2) is 23.8 Å². The number of Topliss-reactive ketones (excluding diaryl/α,β-unsaturated/α-hetero) is 1. The van der Waals surface area contributed by atoms with Crippen LogP contribution in [0.3, 0.4) is 0 Å². The molecule has 2 saturated carbocycles. The van der Waals surface area contributed by atoms with Crippen molar-refractivity contribution in [1.29, 1.82) is 0 Å². The molecule has 0 aromatic rings. The maximum Gasteiger partial charge on any atom is 0.315 e. The Morgan fingerprint density at radius 3 is 2.28 bits per heavy atom. The van der Waals surface area contributed by atoms with Gasteiger partial charge in [-0.15, -0.1) is 0 Å². The van der Waals surface area contributed by atoms with Gasteiger partial charge in [0, 0.05) is 6.54 Å². The summed E-state index contributed by atoms with van der Waals surface area (Å²) in [5.41, 5.74) is 4.64. The summed E-state index contributed by atoms with van der Waals surface area (Å²) < 4.78 is 0. The van der Waals surface area contributed by atoms with Gasteiger partial charge in [0.05, 0.1) is 17.7 Å². The van der Waals surface area contributed by atoms with E-state index >= 15 is 0 Å². The average molecular weight is 642 g/mol. The number of amides is 5. The molecule has 5 amide bonds. The second-order valence-electron chi connectivity index (χ2n) is 15.4. The molecule has 4 aliphatic rings. The van der Waals surface area contributed by atoms with Crippen molar-refractivity contribution in [2.45, 2.75) is 135 Å².